The Morgan fingerprint density at radius 2 is 1.62 bits per heavy atom. The van der Waals surface area contributed by atoms with Gasteiger partial charge >= 0.3 is 0 Å². The average molecular weight is 286 g/mol. The number of anilines is 2. The fourth-order valence-corrected chi connectivity index (χ4v) is 2.43. The van der Waals surface area contributed by atoms with E-state index < -0.39 is 0 Å². The lowest BCUT2D eigenvalue weighted by atomic mass is 9.88. The molecule has 4 N–H and O–H groups in total. The lowest BCUT2D eigenvalue weighted by molar-refractivity contribution is 0.191. The summed E-state index contributed by atoms with van der Waals surface area (Å²) in [6.45, 7) is 0.682. The van der Waals surface area contributed by atoms with Crippen LogP contribution in [0.15, 0.2) is 42.5 Å². The van der Waals surface area contributed by atoms with Gasteiger partial charge in [0.1, 0.15) is 5.75 Å². The molecular weight excluding hydrogens is 264 g/mol. The second-order valence-corrected chi connectivity index (χ2v) is 5.00. The Morgan fingerprint density at radius 1 is 0.952 bits per heavy atom. The van der Waals surface area contributed by atoms with Gasteiger partial charge in [0.25, 0.3) is 0 Å². The van der Waals surface area contributed by atoms with Gasteiger partial charge in [0.05, 0.1) is 12.8 Å². The van der Waals surface area contributed by atoms with E-state index >= 15 is 0 Å². The quantitative estimate of drug-likeness (QED) is 0.801. The molecule has 0 aliphatic carbocycles. The summed E-state index contributed by atoms with van der Waals surface area (Å²) >= 11 is 0. The van der Waals surface area contributed by atoms with Crippen molar-refractivity contribution in [3.8, 4) is 5.75 Å². The number of benzene rings is 2. The normalized spacial score (nSPS) is 12.1. The minimum absolute atomic E-state index is 0.222. The predicted molar refractivity (Wildman–Crippen MR) is 86.6 cm³/mol. The number of rotatable bonds is 6. The summed E-state index contributed by atoms with van der Waals surface area (Å²) in [4.78, 5) is 0. The first-order chi connectivity index (χ1) is 10.2. The van der Waals surface area contributed by atoms with E-state index in [1.807, 2.05) is 30.3 Å². The highest BCUT2D eigenvalue weighted by molar-refractivity contribution is 5.55. The predicted octanol–water partition coefficient (Wildman–Crippen LogP) is 3.03. The molecule has 0 aromatic heterocycles. The summed E-state index contributed by atoms with van der Waals surface area (Å²) < 4.78 is 10.6. The van der Waals surface area contributed by atoms with E-state index in [0.717, 1.165) is 17.7 Å². The third-order valence-corrected chi connectivity index (χ3v) is 3.61. The Bertz CT molecular complexity index is 582. The van der Waals surface area contributed by atoms with Crippen molar-refractivity contribution in [1.29, 1.82) is 0 Å². The molecule has 1 atom stereocenters. The summed E-state index contributed by atoms with van der Waals surface area (Å²) in [6, 6.07) is 13.9. The Balaban J connectivity index is 2.37. The van der Waals surface area contributed by atoms with E-state index in [2.05, 4.69) is 12.1 Å². The zero-order valence-electron chi connectivity index (χ0n) is 12.5. The van der Waals surface area contributed by atoms with Crippen LogP contribution in [0.1, 0.15) is 23.5 Å². The minimum atomic E-state index is 0.222. The number of hydrogen-bond donors (Lipinski definition) is 2. The van der Waals surface area contributed by atoms with Gasteiger partial charge in [-0.25, -0.2) is 0 Å². The lowest BCUT2D eigenvalue weighted by Gasteiger charge is -2.19. The molecule has 2 rings (SSSR count). The van der Waals surface area contributed by atoms with Crippen LogP contribution >= 0.6 is 0 Å². The molecule has 0 radical (unpaired) electrons. The largest absolute Gasteiger partial charge is 0.495 e. The fraction of sp³-hybridized carbons (Fsp3) is 0.294. The summed E-state index contributed by atoms with van der Waals surface area (Å²) in [5, 5.41) is 0. The van der Waals surface area contributed by atoms with Gasteiger partial charge in [-0.1, -0.05) is 18.2 Å². The molecule has 0 aliphatic heterocycles. The van der Waals surface area contributed by atoms with Gasteiger partial charge < -0.3 is 20.9 Å². The van der Waals surface area contributed by atoms with Gasteiger partial charge in [-0.05, 0) is 41.8 Å². The molecule has 0 heterocycles. The highest BCUT2D eigenvalue weighted by atomic mass is 16.5. The van der Waals surface area contributed by atoms with Crippen LogP contribution in [0.5, 0.6) is 5.75 Å². The third-order valence-electron chi connectivity index (χ3n) is 3.61. The Morgan fingerprint density at radius 3 is 2.24 bits per heavy atom. The van der Waals surface area contributed by atoms with E-state index in [1.165, 1.54) is 5.56 Å². The van der Waals surface area contributed by atoms with Crippen LogP contribution in [0.4, 0.5) is 11.4 Å². The number of ether oxygens (including phenoxy) is 2. The first kappa shape index (κ1) is 15.2. The van der Waals surface area contributed by atoms with Crippen molar-refractivity contribution < 1.29 is 9.47 Å². The third kappa shape index (κ3) is 3.67. The van der Waals surface area contributed by atoms with E-state index in [-0.39, 0.29) is 5.92 Å². The maximum Gasteiger partial charge on any atom is 0.142 e. The molecule has 2 aromatic rings. The highest BCUT2D eigenvalue weighted by Crippen LogP contribution is 2.33. The second kappa shape index (κ2) is 6.99. The molecule has 4 nitrogen and oxygen atoms in total. The van der Waals surface area contributed by atoms with Crippen LogP contribution in [0.3, 0.4) is 0 Å². The molecule has 0 bridgehead atoms. The number of hydrogen-bond acceptors (Lipinski definition) is 4. The molecule has 0 aliphatic rings. The topological polar surface area (TPSA) is 70.5 Å². The first-order valence-electron chi connectivity index (χ1n) is 6.93. The van der Waals surface area contributed by atoms with Crippen LogP contribution in [0.25, 0.3) is 0 Å². The maximum atomic E-state index is 5.89. The lowest BCUT2D eigenvalue weighted by Crippen LogP contribution is -2.06. The molecule has 0 amide bonds. The van der Waals surface area contributed by atoms with E-state index in [0.29, 0.717) is 18.0 Å². The van der Waals surface area contributed by atoms with Crippen molar-refractivity contribution in [3.05, 3.63) is 53.6 Å². The maximum absolute atomic E-state index is 5.89. The Hall–Kier alpha value is -2.20. The molecule has 0 saturated heterocycles. The minimum Gasteiger partial charge on any atom is -0.495 e. The first-order valence-corrected chi connectivity index (χ1v) is 6.93. The number of nitrogen functional groups attached to an aromatic ring is 2. The van der Waals surface area contributed by atoms with Gasteiger partial charge in [-0.15, -0.1) is 0 Å². The molecule has 0 saturated carbocycles. The fourth-order valence-electron chi connectivity index (χ4n) is 2.43. The molecule has 112 valence electrons. The highest BCUT2D eigenvalue weighted by Gasteiger charge is 2.15. The standard InChI is InChI=1S/C17H22N2O2/c1-20-10-9-15(12-3-6-14(18)7-4-12)13-5-8-16(19)17(11-13)21-2/h3-8,11,15H,9-10,18-19H2,1-2H3. The number of methoxy groups -OCH3 is 2. The smallest absolute Gasteiger partial charge is 0.142 e. The van der Waals surface area contributed by atoms with E-state index in [9.17, 15) is 0 Å². The van der Waals surface area contributed by atoms with Crippen molar-refractivity contribution in [3.63, 3.8) is 0 Å². The van der Waals surface area contributed by atoms with E-state index in [1.54, 1.807) is 14.2 Å². The SMILES string of the molecule is COCCC(c1ccc(N)cc1)c1ccc(N)c(OC)c1. The van der Waals surface area contributed by atoms with Crippen molar-refractivity contribution in [2.45, 2.75) is 12.3 Å². The van der Waals surface area contributed by atoms with Gasteiger partial charge in [-0.3, -0.25) is 0 Å². The summed E-state index contributed by atoms with van der Waals surface area (Å²) in [5.41, 5.74) is 15.4. The van der Waals surface area contributed by atoms with Crippen molar-refractivity contribution in [1.82, 2.24) is 0 Å². The van der Waals surface area contributed by atoms with Crippen LogP contribution < -0.4 is 16.2 Å². The average Bonchev–Trinajstić information content (AvgIpc) is 2.50. The van der Waals surface area contributed by atoms with E-state index in [4.69, 9.17) is 20.9 Å². The van der Waals surface area contributed by atoms with Crippen LogP contribution in [-0.2, 0) is 4.74 Å². The zero-order chi connectivity index (χ0) is 15.2. The van der Waals surface area contributed by atoms with Gasteiger partial charge in [0, 0.05) is 25.3 Å². The van der Waals surface area contributed by atoms with Crippen LogP contribution in [0, 0.1) is 0 Å². The molecule has 1 unspecified atom stereocenters. The molecule has 0 fully saturated rings. The summed E-state index contributed by atoms with van der Waals surface area (Å²) in [5.74, 6) is 0.922. The van der Waals surface area contributed by atoms with Gasteiger partial charge in [0.15, 0.2) is 0 Å². The second-order valence-electron chi connectivity index (χ2n) is 5.00. The molecular formula is C17H22N2O2. The van der Waals surface area contributed by atoms with Crippen molar-refractivity contribution in [2.75, 3.05) is 32.3 Å². The van der Waals surface area contributed by atoms with Crippen LogP contribution in [0.2, 0.25) is 0 Å². The van der Waals surface area contributed by atoms with Crippen molar-refractivity contribution in [2.24, 2.45) is 0 Å². The zero-order valence-corrected chi connectivity index (χ0v) is 12.5. The van der Waals surface area contributed by atoms with Crippen LogP contribution in [-0.4, -0.2) is 20.8 Å². The molecule has 2 aromatic carbocycles. The monoisotopic (exact) mass is 286 g/mol. The van der Waals surface area contributed by atoms with Crippen molar-refractivity contribution >= 4 is 11.4 Å². The molecule has 21 heavy (non-hydrogen) atoms. The van der Waals surface area contributed by atoms with Gasteiger partial charge in [-0.2, -0.15) is 0 Å². The number of nitrogens with two attached hydrogens (primary N) is 2. The summed E-state index contributed by atoms with van der Waals surface area (Å²) in [7, 11) is 3.34. The summed E-state index contributed by atoms with van der Waals surface area (Å²) in [6.07, 6.45) is 0.882. The van der Waals surface area contributed by atoms with Gasteiger partial charge in [0.2, 0.25) is 0 Å². The Kier molecular flexibility index (Phi) is 5.06. The molecule has 4 heteroatoms. The Labute approximate surface area is 125 Å². The molecule has 0 spiro atoms.